The Kier molecular flexibility index (Phi) is 5.62. The molecule has 0 radical (unpaired) electrons. The van der Waals surface area contributed by atoms with Gasteiger partial charge in [0.05, 0.1) is 26.7 Å². The predicted octanol–water partition coefficient (Wildman–Crippen LogP) is 3.30. The molecule has 0 aliphatic carbocycles. The fourth-order valence-electron chi connectivity index (χ4n) is 1.80. The number of nitrogens with zero attached hydrogens (tertiary/aromatic N) is 1. The second kappa shape index (κ2) is 5.64. The van der Waals surface area contributed by atoms with Gasteiger partial charge in [0, 0.05) is 5.92 Å². The minimum absolute atomic E-state index is 0.788. The second-order valence-electron chi connectivity index (χ2n) is 4.98. The van der Waals surface area contributed by atoms with Crippen molar-refractivity contribution in [3.05, 3.63) is 0 Å². The van der Waals surface area contributed by atoms with Crippen LogP contribution < -0.4 is 0 Å². The van der Waals surface area contributed by atoms with Gasteiger partial charge in [-0.15, -0.1) is 0 Å². The molecule has 0 N–H and O–H groups in total. The van der Waals surface area contributed by atoms with Crippen molar-refractivity contribution in [2.75, 3.05) is 20.6 Å². The topological polar surface area (TPSA) is 0 Å². The molecule has 2 atom stereocenters. The van der Waals surface area contributed by atoms with E-state index in [1.165, 1.54) is 30.3 Å². The van der Waals surface area contributed by atoms with E-state index in [2.05, 4.69) is 41.8 Å². The second-order valence-corrected chi connectivity index (χ2v) is 4.98. The normalized spacial score (nSPS) is 17.1. The van der Waals surface area contributed by atoms with Gasteiger partial charge in [-0.3, -0.25) is 0 Å². The lowest BCUT2D eigenvalue weighted by molar-refractivity contribution is -0.917. The van der Waals surface area contributed by atoms with Crippen LogP contribution in [-0.4, -0.2) is 31.2 Å². The molecule has 0 spiro atoms. The molecule has 13 heavy (non-hydrogen) atoms. The Morgan fingerprint density at radius 1 is 1.08 bits per heavy atom. The number of hydrogen-bond acceptors (Lipinski definition) is 0. The zero-order valence-electron chi connectivity index (χ0n) is 10.4. The van der Waals surface area contributed by atoms with E-state index in [1.807, 2.05) is 0 Å². The highest BCUT2D eigenvalue weighted by molar-refractivity contribution is 4.59. The SMILES string of the molecule is CCCC[N+](C)(C)C(C)C(C)CC. The fourth-order valence-corrected chi connectivity index (χ4v) is 1.80. The van der Waals surface area contributed by atoms with Crippen molar-refractivity contribution < 1.29 is 4.48 Å². The van der Waals surface area contributed by atoms with E-state index in [9.17, 15) is 0 Å². The van der Waals surface area contributed by atoms with Crippen molar-refractivity contribution in [1.82, 2.24) is 0 Å². The van der Waals surface area contributed by atoms with Crippen LogP contribution in [0.4, 0.5) is 0 Å². The molecule has 80 valence electrons. The first kappa shape index (κ1) is 13.0. The maximum atomic E-state index is 2.39. The van der Waals surface area contributed by atoms with Gasteiger partial charge >= 0.3 is 0 Å². The Morgan fingerprint density at radius 3 is 2.00 bits per heavy atom. The summed E-state index contributed by atoms with van der Waals surface area (Å²) in [4.78, 5) is 0. The molecule has 0 saturated heterocycles. The van der Waals surface area contributed by atoms with Crippen LogP contribution in [0, 0.1) is 5.92 Å². The summed E-state index contributed by atoms with van der Waals surface area (Å²) in [7, 11) is 4.74. The van der Waals surface area contributed by atoms with Crippen molar-refractivity contribution in [2.45, 2.75) is 53.0 Å². The quantitative estimate of drug-likeness (QED) is 0.558. The van der Waals surface area contributed by atoms with Gasteiger partial charge in [-0.25, -0.2) is 0 Å². The summed E-state index contributed by atoms with van der Waals surface area (Å²) in [5.74, 6) is 0.840. The van der Waals surface area contributed by atoms with Crippen molar-refractivity contribution in [3.63, 3.8) is 0 Å². The molecule has 0 saturated carbocycles. The molecular formula is C12H28N+. The molecule has 0 fully saturated rings. The molecule has 0 aliphatic rings. The standard InChI is InChI=1S/C12H28N/c1-7-9-10-13(5,6)12(4)11(3)8-2/h11-12H,7-10H2,1-6H3/q+1. The maximum absolute atomic E-state index is 2.39. The van der Waals surface area contributed by atoms with E-state index in [0.29, 0.717) is 0 Å². The average Bonchev–Trinajstić information content (AvgIpc) is 2.12. The van der Waals surface area contributed by atoms with E-state index in [4.69, 9.17) is 0 Å². The van der Waals surface area contributed by atoms with E-state index in [-0.39, 0.29) is 0 Å². The van der Waals surface area contributed by atoms with Gasteiger partial charge in [-0.2, -0.15) is 0 Å². The van der Waals surface area contributed by atoms with Crippen LogP contribution in [0.1, 0.15) is 47.0 Å². The molecule has 1 nitrogen and oxygen atoms in total. The summed E-state index contributed by atoms with van der Waals surface area (Å²) in [6, 6.07) is 0.788. The van der Waals surface area contributed by atoms with Gasteiger partial charge in [-0.05, 0) is 19.8 Å². The monoisotopic (exact) mass is 186 g/mol. The Morgan fingerprint density at radius 2 is 1.62 bits per heavy atom. The van der Waals surface area contributed by atoms with Crippen molar-refractivity contribution in [1.29, 1.82) is 0 Å². The van der Waals surface area contributed by atoms with Crippen molar-refractivity contribution >= 4 is 0 Å². The lowest BCUT2D eigenvalue weighted by atomic mass is 9.97. The highest BCUT2D eigenvalue weighted by Gasteiger charge is 2.27. The number of hydrogen-bond donors (Lipinski definition) is 0. The highest BCUT2D eigenvalue weighted by Crippen LogP contribution is 2.19. The average molecular weight is 186 g/mol. The predicted molar refractivity (Wildman–Crippen MR) is 60.8 cm³/mol. The van der Waals surface area contributed by atoms with Crippen LogP contribution in [-0.2, 0) is 0 Å². The summed E-state index contributed by atoms with van der Waals surface area (Å²) in [6.45, 7) is 10.7. The highest BCUT2D eigenvalue weighted by atomic mass is 15.3. The first-order valence-electron chi connectivity index (χ1n) is 5.78. The first-order chi connectivity index (χ1) is 5.95. The molecule has 0 aliphatic heterocycles. The van der Waals surface area contributed by atoms with Gasteiger partial charge in [0.2, 0.25) is 0 Å². The molecule has 0 amide bonds. The summed E-state index contributed by atoms with van der Waals surface area (Å²) in [6.07, 6.45) is 3.97. The lowest BCUT2D eigenvalue weighted by Gasteiger charge is -2.39. The molecule has 0 aromatic heterocycles. The van der Waals surface area contributed by atoms with E-state index in [0.717, 1.165) is 12.0 Å². The van der Waals surface area contributed by atoms with Crippen LogP contribution in [0.25, 0.3) is 0 Å². The third kappa shape index (κ3) is 4.12. The largest absolute Gasteiger partial charge is 0.326 e. The smallest absolute Gasteiger partial charge is 0.0883 e. The van der Waals surface area contributed by atoms with Crippen molar-refractivity contribution in [3.8, 4) is 0 Å². The van der Waals surface area contributed by atoms with E-state index in [1.54, 1.807) is 0 Å². The molecule has 1 heteroatoms. The third-order valence-electron chi connectivity index (χ3n) is 3.66. The Hall–Kier alpha value is -0.0400. The summed E-state index contributed by atoms with van der Waals surface area (Å²) in [5, 5.41) is 0. The Labute approximate surface area is 84.7 Å². The third-order valence-corrected chi connectivity index (χ3v) is 3.66. The van der Waals surface area contributed by atoms with E-state index >= 15 is 0 Å². The summed E-state index contributed by atoms with van der Waals surface area (Å²) < 4.78 is 1.18. The van der Waals surface area contributed by atoms with Crippen LogP contribution >= 0.6 is 0 Å². The lowest BCUT2D eigenvalue weighted by Crippen LogP contribution is -2.50. The first-order valence-corrected chi connectivity index (χ1v) is 5.78. The zero-order chi connectivity index (χ0) is 10.5. The minimum Gasteiger partial charge on any atom is -0.326 e. The summed E-state index contributed by atoms with van der Waals surface area (Å²) >= 11 is 0. The minimum atomic E-state index is 0.788. The molecule has 0 heterocycles. The van der Waals surface area contributed by atoms with Gasteiger partial charge in [0.25, 0.3) is 0 Å². The Balaban J connectivity index is 4.09. The van der Waals surface area contributed by atoms with Gasteiger partial charge in [0.15, 0.2) is 0 Å². The van der Waals surface area contributed by atoms with Crippen LogP contribution in [0.2, 0.25) is 0 Å². The zero-order valence-corrected chi connectivity index (χ0v) is 10.4. The summed E-state index contributed by atoms with van der Waals surface area (Å²) in [5.41, 5.74) is 0. The van der Waals surface area contributed by atoms with E-state index < -0.39 is 0 Å². The van der Waals surface area contributed by atoms with Crippen LogP contribution in [0.3, 0.4) is 0 Å². The number of unbranched alkanes of at least 4 members (excludes halogenated alkanes) is 1. The molecule has 0 aromatic rings. The maximum Gasteiger partial charge on any atom is 0.0883 e. The fraction of sp³-hybridized carbons (Fsp3) is 1.00. The molecule has 2 unspecified atom stereocenters. The van der Waals surface area contributed by atoms with Gasteiger partial charge in [0.1, 0.15) is 0 Å². The number of rotatable bonds is 6. The molecule has 0 rings (SSSR count). The molecule has 0 aromatic carbocycles. The van der Waals surface area contributed by atoms with Gasteiger partial charge in [-0.1, -0.05) is 27.2 Å². The molecule has 0 bridgehead atoms. The Bertz CT molecular complexity index is 129. The van der Waals surface area contributed by atoms with Gasteiger partial charge < -0.3 is 4.48 Å². The van der Waals surface area contributed by atoms with Crippen LogP contribution in [0.5, 0.6) is 0 Å². The van der Waals surface area contributed by atoms with Crippen LogP contribution in [0.15, 0.2) is 0 Å². The number of quaternary nitrogens is 1. The molecular weight excluding hydrogens is 158 g/mol. The van der Waals surface area contributed by atoms with Crippen molar-refractivity contribution in [2.24, 2.45) is 5.92 Å².